The molecule has 0 radical (unpaired) electrons. The van der Waals surface area contributed by atoms with Crippen molar-refractivity contribution < 1.29 is 23.1 Å². The molecule has 3 aromatic heterocycles. The summed E-state index contributed by atoms with van der Waals surface area (Å²) in [5.41, 5.74) is 1.49. The van der Waals surface area contributed by atoms with E-state index in [1.54, 1.807) is 24.3 Å². The fourth-order valence-corrected chi connectivity index (χ4v) is 4.24. The molecule has 0 aliphatic rings. The van der Waals surface area contributed by atoms with E-state index in [2.05, 4.69) is 30.7 Å². The zero-order valence-electron chi connectivity index (χ0n) is 20.0. The van der Waals surface area contributed by atoms with Crippen molar-refractivity contribution in [3.8, 4) is 17.1 Å². The van der Waals surface area contributed by atoms with Gasteiger partial charge in [-0.1, -0.05) is 35.1 Å². The molecule has 2 N–H and O–H groups in total. The van der Waals surface area contributed by atoms with Crippen LogP contribution in [0, 0.1) is 0 Å². The van der Waals surface area contributed by atoms with E-state index in [0.29, 0.717) is 21.4 Å². The van der Waals surface area contributed by atoms with Crippen molar-refractivity contribution in [3.05, 3.63) is 87.3 Å². The van der Waals surface area contributed by atoms with Crippen LogP contribution in [-0.4, -0.2) is 62.6 Å². The molecule has 0 aliphatic carbocycles. The number of aromatic nitrogens is 8. The molecule has 0 aliphatic heterocycles. The van der Waals surface area contributed by atoms with Crippen LogP contribution in [0.4, 0.5) is 18.3 Å². The number of alkyl halides is 3. The largest absolute Gasteiger partial charge is 0.416 e. The highest BCUT2D eigenvalue weighted by Gasteiger charge is 2.39. The Kier molecular flexibility index (Phi) is 7.46. The maximum atomic E-state index is 13.1. The lowest BCUT2D eigenvalue weighted by Gasteiger charge is -2.15. The summed E-state index contributed by atoms with van der Waals surface area (Å²) in [6, 6.07) is 12.5. The third-order valence-corrected chi connectivity index (χ3v) is 6.42. The molecule has 2 aromatic carbocycles. The lowest BCUT2D eigenvalue weighted by Crippen LogP contribution is -2.37. The Morgan fingerprint density at radius 1 is 1.12 bits per heavy atom. The summed E-state index contributed by atoms with van der Waals surface area (Å²) < 4.78 is 42.2. The second-order valence-corrected chi connectivity index (χ2v) is 9.53. The van der Waals surface area contributed by atoms with E-state index in [9.17, 15) is 27.9 Å². The minimum Gasteiger partial charge on any atom is -0.382 e. The van der Waals surface area contributed by atoms with Crippen molar-refractivity contribution in [2.75, 3.05) is 5.32 Å². The molecule has 0 fully saturated rings. The van der Waals surface area contributed by atoms with Crippen molar-refractivity contribution in [3.63, 3.8) is 0 Å². The summed E-state index contributed by atoms with van der Waals surface area (Å²) in [4.78, 5) is 30.1. The number of rotatable bonds is 8. The van der Waals surface area contributed by atoms with E-state index < -0.39 is 30.4 Å². The normalized spacial score (nSPS) is 12.4. The number of carbonyl (C=O) groups is 1. The number of para-hydroxylation sites is 1. The molecular weight excluding hydrogens is 575 g/mol. The smallest absolute Gasteiger partial charge is 0.382 e. The molecule has 3 heterocycles. The van der Waals surface area contributed by atoms with Crippen molar-refractivity contribution >= 4 is 34.0 Å². The predicted molar refractivity (Wildman–Crippen MR) is 137 cm³/mol. The summed E-state index contributed by atoms with van der Waals surface area (Å²) in [6.07, 6.45) is -6.43. The minimum atomic E-state index is -4.95. The molecule has 0 saturated heterocycles. The highest BCUT2D eigenvalue weighted by molar-refractivity contribution is 7.13. The Labute approximate surface area is 231 Å². The molecule has 5 aromatic rings. The summed E-state index contributed by atoms with van der Waals surface area (Å²) in [5, 5.41) is 28.9. The zero-order valence-corrected chi connectivity index (χ0v) is 21.6. The Balaban J connectivity index is 1.45. The fraction of sp³-hybridized carbons (Fsp3) is 0.174. The Morgan fingerprint density at radius 2 is 1.88 bits per heavy atom. The van der Waals surface area contributed by atoms with Gasteiger partial charge in [0.25, 0.3) is 5.91 Å². The molecule has 206 valence electrons. The van der Waals surface area contributed by atoms with Crippen LogP contribution in [0.3, 0.4) is 0 Å². The molecule has 1 amide bonds. The van der Waals surface area contributed by atoms with Crippen LogP contribution in [0.25, 0.3) is 17.1 Å². The summed E-state index contributed by atoms with van der Waals surface area (Å²) in [5.74, 6) is -0.483. The Bertz CT molecular complexity index is 1700. The van der Waals surface area contributed by atoms with Crippen LogP contribution in [0.5, 0.6) is 0 Å². The lowest BCUT2D eigenvalue weighted by molar-refractivity contribution is -0.207. The van der Waals surface area contributed by atoms with Crippen LogP contribution in [0.2, 0.25) is 5.02 Å². The van der Waals surface area contributed by atoms with Gasteiger partial charge in [0.15, 0.2) is 17.8 Å². The van der Waals surface area contributed by atoms with Gasteiger partial charge in [-0.15, -0.1) is 20.4 Å². The van der Waals surface area contributed by atoms with Gasteiger partial charge in [-0.05, 0) is 36.4 Å². The monoisotopic (exact) mass is 591 g/mol. The first kappa shape index (κ1) is 27.2. The van der Waals surface area contributed by atoms with Crippen LogP contribution in [-0.2, 0) is 13.1 Å². The van der Waals surface area contributed by atoms with Gasteiger partial charge in [0, 0.05) is 10.6 Å². The SMILES string of the molecule is O=C(Nc1nncs1)c1ccccc1-n1cnc(Cn2nc(-c3ccc(Cl)cc3)n(CC(O)C(F)(F)F)c2=O)n1. The van der Waals surface area contributed by atoms with Crippen LogP contribution < -0.4 is 11.0 Å². The average molecular weight is 592 g/mol. The molecule has 0 bridgehead atoms. The Hall–Kier alpha value is -4.41. The summed E-state index contributed by atoms with van der Waals surface area (Å²) in [6.45, 7) is -1.38. The first-order valence-electron chi connectivity index (χ1n) is 11.4. The van der Waals surface area contributed by atoms with E-state index in [-0.39, 0.29) is 23.8 Å². The van der Waals surface area contributed by atoms with Gasteiger partial charge in [-0.2, -0.15) is 13.2 Å². The molecule has 1 unspecified atom stereocenters. The highest BCUT2D eigenvalue weighted by Crippen LogP contribution is 2.24. The fourth-order valence-electron chi connectivity index (χ4n) is 3.67. The standard InChI is InChI=1S/C23H17ClF3N9O3S/c24-14-7-5-13(6-8-14)19-33-35(22(39)34(19)9-17(37)23(25,26)27)10-18-28-11-36(32-18)16-4-2-1-3-15(16)20(38)30-21-31-29-12-40-21/h1-8,11-12,17,37H,9-10H2,(H,30,31,38). The van der Waals surface area contributed by atoms with E-state index in [1.165, 1.54) is 40.8 Å². The highest BCUT2D eigenvalue weighted by atomic mass is 35.5. The maximum absolute atomic E-state index is 13.1. The number of aliphatic hydroxyl groups is 1. The van der Waals surface area contributed by atoms with E-state index >= 15 is 0 Å². The van der Waals surface area contributed by atoms with Gasteiger partial charge < -0.3 is 5.11 Å². The molecule has 0 saturated carbocycles. The average Bonchev–Trinajstić information content (AvgIpc) is 3.67. The Morgan fingerprint density at radius 3 is 2.58 bits per heavy atom. The molecule has 40 heavy (non-hydrogen) atoms. The van der Waals surface area contributed by atoms with E-state index in [0.717, 1.165) is 20.6 Å². The predicted octanol–water partition coefficient (Wildman–Crippen LogP) is 3.02. The van der Waals surface area contributed by atoms with E-state index in [4.69, 9.17) is 11.6 Å². The van der Waals surface area contributed by atoms with Gasteiger partial charge in [-0.3, -0.25) is 14.7 Å². The number of aliphatic hydroxyl groups excluding tert-OH is 1. The second-order valence-electron chi connectivity index (χ2n) is 8.26. The molecule has 1 atom stereocenters. The van der Waals surface area contributed by atoms with Crippen molar-refractivity contribution in [2.45, 2.75) is 25.4 Å². The van der Waals surface area contributed by atoms with Gasteiger partial charge in [-0.25, -0.2) is 19.1 Å². The summed E-state index contributed by atoms with van der Waals surface area (Å²) in [7, 11) is 0. The number of carbonyl (C=O) groups excluding carboxylic acids is 1. The third kappa shape index (κ3) is 5.78. The molecule has 17 heteroatoms. The third-order valence-electron chi connectivity index (χ3n) is 5.57. The number of anilines is 1. The number of hydrogen-bond donors (Lipinski definition) is 2. The first-order valence-corrected chi connectivity index (χ1v) is 12.6. The van der Waals surface area contributed by atoms with Crippen molar-refractivity contribution in [1.29, 1.82) is 0 Å². The molecule has 0 spiro atoms. The van der Waals surface area contributed by atoms with Gasteiger partial charge in [0.2, 0.25) is 5.13 Å². The summed E-state index contributed by atoms with van der Waals surface area (Å²) >= 11 is 7.06. The number of halogens is 4. The minimum absolute atomic E-state index is 0.0881. The molecule has 5 rings (SSSR count). The van der Waals surface area contributed by atoms with Crippen molar-refractivity contribution in [1.82, 2.24) is 39.3 Å². The quantitative estimate of drug-likeness (QED) is 0.280. The number of nitrogens with zero attached hydrogens (tertiary/aromatic N) is 8. The van der Waals surface area contributed by atoms with Crippen LogP contribution in [0.1, 0.15) is 16.2 Å². The zero-order chi connectivity index (χ0) is 28.4. The number of hydrogen-bond acceptors (Lipinski definition) is 9. The first-order chi connectivity index (χ1) is 19.1. The number of nitrogens with one attached hydrogen (secondary N) is 1. The lowest BCUT2D eigenvalue weighted by atomic mass is 10.1. The number of benzene rings is 2. The van der Waals surface area contributed by atoms with Gasteiger partial charge in [0.05, 0.1) is 17.8 Å². The topological polar surface area (TPSA) is 146 Å². The maximum Gasteiger partial charge on any atom is 0.416 e. The molecule has 12 nitrogen and oxygen atoms in total. The van der Waals surface area contributed by atoms with Crippen LogP contribution in [0.15, 0.2) is 65.2 Å². The van der Waals surface area contributed by atoms with Crippen molar-refractivity contribution in [2.24, 2.45) is 0 Å². The van der Waals surface area contributed by atoms with E-state index in [1.807, 2.05) is 0 Å². The second kappa shape index (κ2) is 11.0. The van der Waals surface area contributed by atoms with Crippen LogP contribution >= 0.6 is 22.9 Å². The van der Waals surface area contributed by atoms with Gasteiger partial charge in [0.1, 0.15) is 18.4 Å². The number of amides is 1. The molecular formula is C23H17ClF3N9O3S. The van der Waals surface area contributed by atoms with Gasteiger partial charge >= 0.3 is 11.9 Å².